The zero-order chi connectivity index (χ0) is 19.8. The molecule has 1 fully saturated rings. The van der Waals surface area contributed by atoms with Gasteiger partial charge in [0.15, 0.2) is 11.5 Å². The van der Waals surface area contributed by atoms with Gasteiger partial charge in [-0.15, -0.1) is 0 Å². The predicted octanol–water partition coefficient (Wildman–Crippen LogP) is 1.39. The molecule has 4 amide bonds. The molecule has 3 rings (SSSR count). The first kappa shape index (κ1) is 19.0. The van der Waals surface area contributed by atoms with Gasteiger partial charge in [0.1, 0.15) is 25.3 Å². The topological polar surface area (TPSA) is 97.0 Å². The first-order valence-electron chi connectivity index (χ1n) is 9.06. The Bertz CT molecular complexity index is 779. The van der Waals surface area contributed by atoms with Gasteiger partial charge in [-0.1, -0.05) is 19.9 Å². The monoisotopic (exact) mass is 375 g/mol. The minimum Gasteiger partial charge on any atom is -0.486 e. The number of nitrogens with zero attached hydrogens (tertiary/aromatic N) is 1. The van der Waals surface area contributed by atoms with E-state index in [4.69, 9.17) is 9.47 Å². The van der Waals surface area contributed by atoms with Crippen molar-refractivity contribution in [3.63, 3.8) is 0 Å². The average molecular weight is 375 g/mol. The first-order valence-corrected chi connectivity index (χ1v) is 9.06. The zero-order valence-corrected chi connectivity index (χ0v) is 16.0. The van der Waals surface area contributed by atoms with Gasteiger partial charge in [-0.05, 0) is 37.5 Å². The third-order valence-corrected chi connectivity index (χ3v) is 5.08. The van der Waals surface area contributed by atoms with Crippen molar-refractivity contribution in [2.24, 2.45) is 5.92 Å². The van der Waals surface area contributed by atoms with Gasteiger partial charge in [0, 0.05) is 6.04 Å². The molecule has 0 bridgehead atoms. The van der Waals surface area contributed by atoms with Gasteiger partial charge < -0.3 is 20.1 Å². The Hall–Kier alpha value is -2.77. The van der Waals surface area contributed by atoms with Crippen LogP contribution in [0.4, 0.5) is 4.79 Å². The van der Waals surface area contributed by atoms with Crippen LogP contribution in [0.1, 0.15) is 33.3 Å². The van der Waals surface area contributed by atoms with Crippen LogP contribution in [-0.2, 0) is 15.1 Å². The van der Waals surface area contributed by atoms with Crippen LogP contribution in [0.3, 0.4) is 0 Å². The van der Waals surface area contributed by atoms with E-state index < -0.39 is 17.5 Å². The Morgan fingerprint density at radius 2 is 1.89 bits per heavy atom. The number of ether oxygens (including phenoxy) is 2. The summed E-state index contributed by atoms with van der Waals surface area (Å²) in [6.07, 6.45) is 0. The Balaban J connectivity index is 1.77. The molecule has 27 heavy (non-hydrogen) atoms. The minimum atomic E-state index is -1.27. The van der Waals surface area contributed by atoms with E-state index in [1.54, 1.807) is 25.1 Å². The van der Waals surface area contributed by atoms with Gasteiger partial charge in [0.2, 0.25) is 5.91 Å². The molecule has 2 heterocycles. The maximum absolute atomic E-state index is 13.0. The molecule has 2 aliphatic rings. The van der Waals surface area contributed by atoms with E-state index >= 15 is 0 Å². The second-order valence-corrected chi connectivity index (χ2v) is 7.41. The number of benzene rings is 1. The maximum atomic E-state index is 13.0. The SMILES string of the molecule is CC(C)[C@H](C)NC(=O)CN1C(=O)N[C@](C)(c2ccc3c(c2)OCCO3)C1=O. The van der Waals surface area contributed by atoms with E-state index in [1.807, 2.05) is 20.8 Å². The molecular formula is C19H25N3O5. The number of carbonyl (C=O) groups excluding carboxylic acids is 3. The first-order chi connectivity index (χ1) is 12.7. The molecule has 0 saturated carbocycles. The van der Waals surface area contributed by atoms with Crippen molar-refractivity contribution in [2.75, 3.05) is 19.8 Å². The molecule has 8 nitrogen and oxygen atoms in total. The van der Waals surface area contributed by atoms with Gasteiger partial charge in [0.05, 0.1) is 0 Å². The highest BCUT2D eigenvalue weighted by atomic mass is 16.6. The second-order valence-electron chi connectivity index (χ2n) is 7.41. The van der Waals surface area contributed by atoms with Gasteiger partial charge >= 0.3 is 6.03 Å². The van der Waals surface area contributed by atoms with Crippen molar-refractivity contribution in [1.29, 1.82) is 0 Å². The number of imide groups is 1. The molecule has 0 aliphatic carbocycles. The standard InChI is InChI=1S/C19H25N3O5/c1-11(2)12(3)20-16(23)10-22-17(24)19(4,21-18(22)25)13-5-6-14-15(9-13)27-8-7-26-14/h5-6,9,11-12H,7-8,10H2,1-4H3,(H,20,23)(H,21,25)/t12-,19+/m0/s1. The summed E-state index contributed by atoms with van der Waals surface area (Å²) in [5.41, 5.74) is -0.694. The number of hydrogen-bond acceptors (Lipinski definition) is 5. The summed E-state index contributed by atoms with van der Waals surface area (Å²) < 4.78 is 11.1. The van der Waals surface area contributed by atoms with E-state index in [9.17, 15) is 14.4 Å². The zero-order valence-electron chi connectivity index (χ0n) is 16.0. The van der Waals surface area contributed by atoms with Crippen LogP contribution in [0.2, 0.25) is 0 Å². The van der Waals surface area contributed by atoms with Crippen LogP contribution in [0, 0.1) is 5.92 Å². The lowest BCUT2D eigenvalue weighted by molar-refractivity contribution is -0.135. The highest BCUT2D eigenvalue weighted by Gasteiger charge is 2.49. The molecule has 0 aromatic heterocycles. The van der Waals surface area contributed by atoms with Crippen LogP contribution in [0.5, 0.6) is 11.5 Å². The molecule has 1 saturated heterocycles. The summed E-state index contributed by atoms with van der Waals surface area (Å²) in [5, 5.41) is 5.50. The van der Waals surface area contributed by atoms with Crippen molar-refractivity contribution in [3.05, 3.63) is 23.8 Å². The number of nitrogens with one attached hydrogen (secondary N) is 2. The Labute approximate surface area is 158 Å². The van der Waals surface area contributed by atoms with Crippen LogP contribution >= 0.6 is 0 Å². The van der Waals surface area contributed by atoms with Gasteiger partial charge in [-0.2, -0.15) is 0 Å². The fraction of sp³-hybridized carbons (Fsp3) is 0.526. The van der Waals surface area contributed by atoms with E-state index in [2.05, 4.69) is 10.6 Å². The number of amides is 4. The van der Waals surface area contributed by atoms with Crippen molar-refractivity contribution in [2.45, 2.75) is 39.3 Å². The lowest BCUT2D eigenvalue weighted by Gasteiger charge is -2.25. The van der Waals surface area contributed by atoms with E-state index in [1.165, 1.54) is 0 Å². The largest absolute Gasteiger partial charge is 0.486 e. The van der Waals surface area contributed by atoms with E-state index in [0.717, 1.165) is 4.90 Å². The van der Waals surface area contributed by atoms with Crippen molar-refractivity contribution in [1.82, 2.24) is 15.5 Å². The number of urea groups is 1. The highest BCUT2D eigenvalue weighted by Crippen LogP contribution is 2.36. The van der Waals surface area contributed by atoms with Crippen molar-refractivity contribution < 1.29 is 23.9 Å². The summed E-state index contributed by atoms with van der Waals surface area (Å²) >= 11 is 0. The summed E-state index contributed by atoms with van der Waals surface area (Å²) in [6, 6.07) is 4.48. The predicted molar refractivity (Wildman–Crippen MR) is 97.5 cm³/mol. The fourth-order valence-corrected chi connectivity index (χ4v) is 3.00. The molecule has 1 aromatic carbocycles. The number of hydrogen-bond donors (Lipinski definition) is 2. The lowest BCUT2D eigenvalue weighted by atomic mass is 9.91. The quantitative estimate of drug-likeness (QED) is 0.758. The fourth-order valence-electron chi connectivity index (χ4n) is 3.00. The number of rotatable bonds is 5. The van der Waals surface area contributed by atoms with Crippen LogP contribution in [0.25, 0.3) is 0 Å². The molecule has 0 radical (unpaired) electrons. The Morgan fingerprint density at radius 1 is 1.22 bits per heavy atom. The Kier molecular flexibility index (Phi) is 4.99. The smallest absolute Gasteiger partial charge is 0.325 e. The third kappa shape index (κ3) is 3.56. The molecule has 2 aliphatic heterocycles. The van der Waals surface area contributed by atoms with Gasteiger partial charge in [-0.3, -0.25) is 14.5 Å². The van der Waals surface area contributed by atoms with Crippen LogP contribution in [0.15, 0.2) is 18.2 Å². The molecule has 146 valence electrons. The molecular weight excluding hydrogens is 350 g/mol. The normalized spacial score (nSPS) is 22.6. The molecule has 2 N–H and O–H groups in total. The average Bonchev–Trinajstić information content (AvgIpc) is 2.85. The molecule has 0 spiro atoms. The summed E-state index contributed by atoms with van der Waals surface area (Å²) in [4.78, 5) is 38.5. The van der Waals surface area contributed by atoms with Crippen molar-refractivity contribution in [3.8, 4) is 11.5 Å². The van der Waals surface area contributed by atoms with E-state index in [-0.39, 0.29) is 24.4 Å². The van der Waals surface area contributed by atoms with Gasteiger partial charge in [0.25, 0.3) is 5.91 Å². The minimum absolute atomic E-state index is 0.0533. The second kappa shape index (κ2) is 7.09. The maximum Gasteiger partial charge on any atom is 0.325 e. The number of carbonyl (C=O) groups is 3. The van der Waals surface area contributed by atoms with Crippen LogP contribution < -0.4 is 20.1 Å². The summed E-state index contributed by atoms with van der Waals surface area (Å²) in [7, 11) is 0. The van der Waals surface area contributed by atoms with E-state index in [0.29, 0.717) is 30.3 Å². The highest BCUT2D eigenvalue weighted by molar-refractivity contribution is 6.09. The van der Waals surface area contributed by atoms with Crippen molar-refractivity contribution >= 4 is 17.8 Å². The molecule has 1 aromatic rings. The number of fused-ring (bicyclic) bond motifs is 1. The Morgan fingerprint density at radius 3 is 2.56 bits per heavy atom. The summed E-state index contributed by atoms with van der Waals surface area (Å²) in [6.45, 7) is 8.04. The summed E-state index contributed by atoms with van der Waals surface area (Å²) in [5.74, 6) is 0.538. The molecule has 0 unspecified atom stereocenters. The molecule has 2 atom stereocenters. The van der Waals surface area contributed by atoms with Crippen LogP contribution in [-0.4, -0.2) is 48.5 Å². The lowest BCUT2D eigenvalue weighted by Crippen LogP contribution is -2.46. The van der Waals surface area contributed by atoms with Gasteiger partial charge in [-0.25, -0.2) is 4.79 Å². The molecule has 8 heteroatoms. The third-order valence-electron chi connectivity index (χ3n) is 5.08.